The zero-order valence-corrected chi connectivity index (χ0v) is 21.5. The zero-order valence-electron chi connectivity index (χ0n) is 20.6. The van der Waals surface area contributed by atoms with Crippen LogP contribution < -0.4 is 0 Å². The van der Waals surface area contributed by atoms with Gasteiger partial charge in [0.25, 0.3) is 0 Å². The molecule has 38 heavy (non-hydrogen) atoms. The second kappa shape index (κ2) is 8.44. The molecule has 0 aliphatic carbocycles. The highest BCUT2D eigenvalue weighted by Gasteiger charge is 2.16. The number of rotatable bonds is 3. The maximum absolute atomic E-state index is 2.38. The van der Waals surface area contributed by atoms with Crippen LogP contribution in [0, 0.1) is 0 Å². The highest BCUT2D eigenvalue weighted by atomic mass is 32.1. The topological polar surface area (TPSA) is 4.93 Å². The van der Waals surface area contributed by atoms with E-state index >= 15 is 0 Å². The summed E-state index contributed by atoms with van der Waals surface area (Å²) >= 11 is 1.88. The van der Waals surface area contributed by atoms with Crippen LogP contribution in [0.25, 0.3) is 69.9 Å². The molecule has 2 heteroatoms. The van der Waals surface area contributed by atoms with E-state index in [0.717, 1.165) is 0 Å². The Morgan fingerprint density at radius 3 is 1.87 bits per heavy atom. The summed E-state index contributed by atoms with van der Waals surface area (Å²) in [5.41, 5.74) is 8.70. The molecule has 0 unspecified atom stereocenters. The Morgan fingerprint density at radius 1 is 0.421 bits per heavy atom. The first-order chi connectivity index (χ1) is 18.9. The van der Waals surface area contributed by atoms with Crippen LogP contribution in [0.2, 0.25) is 0 Å². The first-order valence-electron chi connectivity index (χ1n) is 13.0. The van der Waals surface area contributed by atoms with Gasteiger partial charge in [-0.25, -0.2) is 0 Å². The minimum atomic E-state index is 1.18. The van der Waals surface area contributed by atoms with Gasteiger partial charge in [-0.05, 0) is 52.6 Å². The van der Waals surface area contributed by atoms with Crippen molar-refractivity contribution < 1.29 is 0 Å². The Balaban J connectivity index is 1.31. The average molecular weight is 502 g/mol. The number of aromatic nitrogens is 1. The van der Waals surface area contributed by atoms with Crippen molar-refractivity contribution in [3.05, 3.63) is 140 Å². The maximum atomic E-state index is 2.38. The molecular weight excluding hydrogens is 478 g/mol. The molecule has 2 heterocycles. The predicted octanol–water partition coefficient (Wildman–Crippen LogP) is 10.5. The molecule has 1 nitrogen and oxygen atoms in total. The molecule has 0 N–H and O–H groups in total. The quantitative estimate of drug-likeness (QED) is 0.227. The summed E-state index contributed by atoms with van der Waals surface area (Å²) in [5.74, 6) is 0. The third-order valence-corrected chi connectivity index (χ3v) is 8.84. The van der Waals surface area contributed by atoms with Crippen LogP contribution in [-0.4, -0.2) is 4.57 Å². The largest absolute Gasteiger partial charge is 0.309 e. The van der Waals surface area contributed by atoms with Gasteiger partial charge in [-0.1, -0.05) is 109 Å². The molecule has 0 spiro atoms. The number of hydrogen-bond acceptors (Lipinski definition) is 1. The van der Waals surface area contributed by atoms with Gasteiger partial charge in [0.05, 0.1) is 11.0 Å². The fourth-order valence-electron chi connectivity index (χ4n) is 5.92. The van der Waals surface area contributed by atoms with Crippen molar-refractivity contribution >= 4 is 53.3 Å². The summed E-state index contributed by atoms with van der Waals surface area (Å²) in [6, 6.07) is 50.6. The summed E-state index contributed by atoms with van der Waals surface area (Å²) in [4.78, 5) is 0. The molecule has 0 aliphatic rings. The average Bonchev–Trinajstić information content (AvgIpc) is 3.54. The Morgan fingerprint density at radius 2 is 1.03 bits per heavy atom. The number of thiophene rings is 1. The van der Waals surface area contributed by atoms with Crippen LogP contribution in [0.5, 0.6) is 0 Å². The number of nitrogens with zero attached hydrogens (tertiary/aromatic N) is 1. The van der Waals surface area contributed by atoms with Gasteiger partial charge < -0.3 is 4.57 Å². The lowest BCUT2D eigenvalue weighted by Crippen LogP contribution is -1.92. The standard InChI is InChI=1S/C36H23NS/c1-2-10-26(11-3-1)37-32-17-6-4-13-31(32)35-27(14-9-18-33(35)37)24-20-22-25(23-21-24)28-15-8-16-30-29-12-5-7-19-34(29)38-36(28)30/h1-23H. The van der Waals surface area contributed by atoms with Gasteiger partial charge in [0.2, 0.25) is 0 Å². The van der Waals surface area contributed by atoms with Crippen molar-refractivity contribution in [2.45, 2.75) is 0 Å². The minimum Gasteiger partial charge on any atom is -0.309 e. The molecule has 0 atom stereocenters. The van der Waals surface area contributed by atoms with E-state index in [1.54, 1.807) is 0 Å². The van der Waals surface area contributed by atoms with E-state index in [-0.39, 0.29) is 0 Å². The zero-order chi connectivity index (χ0) is 25.1. The third kappa shape index (κ3) is 3.17. The molecular formula is C36H23NS. The number of hydrogen-bond donors (Lipinski definition) is 0. The van der Waals surface area contributed by atoms with Gasteiger partial charge >= 0.3 is 0 Å². The molecule has 0 amide bonds. The Bertz CT molecular complexity index is 2110. The molecule has 8 rings (SSSR count). The smallest absolute Gasteiger partial charge is 0.0547 e. The van der Waals surface area contributed by atoms with Gasteiger partial charge in [-0.2, -0.15) is 0 Å². The van der Waals surface area contributed by atoms with Crippen molar-refractivity contribution in [1.29, 1.82) is 0 Å². The van der Waals surface area contributed by atoms with E-state index in [9.17, 15) is 0 Å². The second-order valence-electron chi connectivity index (χ2n) is 9.75. The molecule has 178 valence electrons. The highest BCUT2D eigenvalue weighted by molar-refractivity contribution is 7.26. The second-order valence-corrected chi connectivity index (χ2v) is 10.8. The monoisotopic (exact) mass is 501 g/mol. The number of para-hydroxylation sites is 2. The van der Waals surface area contributed by atoms with Crippen LogP contribution >= 0.6 is 11.3 Å². The van der Waals surface area contributed by atoms with Crippen LogP contribution in [-0.2, 0) is 0 Å². The lowest BCUT2D eigenvalue weighted by Gasteiger charge is -2.09. The Labute approximate surface area is 224 Å². The molecule has 0 bridgehead atoms. The van der Waals surface area contributed by atoms with Crippen LogP contribution in [0.1, 0.15) is 0 Å². The lowest BCUT2D eigenvalue weighted by molar-refractivity contribution is 1.18. The van der Waals surface area contributed by atoms with E-state index in [0.29, 0.717) is 0 Å². The van der Waals surface area contributed by atoms with Crippen molar-refractivity contribution in [2.75, 3.05) is 0 Å². The van der Waals surface area contributed by atoms with E-state index < -0.39 is 0 Å². The maximum Gasteiger partial charge on any atom is 0.0547 e. The number of fused-ring (bicyclic) bond motifs is 6. The van der Waals surface area contributed by atoms with Crippen LogP contribution in [0.3, 0.4) is 0 Å². The van der Waals surface area contributed by atoms with Gasteiger partial charge in [0, 0.05) is 36.6 Å². The predicted molar refractivity (Wildman–Crippen MR) is 165 cm³/mol. The van der Waals surface area contributed by atoms with Crippen LogP contribution in [0.4, 0.5) is 0 Å². The van der Waals surface area contributed by atoms with Gasteiger partial charge in [0.15, 0.2) is 0 Å². The Hall–Kier alpha value is -4.66. The van der Waals surface area contributed by atoms with E-state index in [1.165, 1.54) is 69.9 Å². The van der Waals surface area contributed by atoms with Crippen molar-refractivity contribution in [3.63, 3.8) is 0 Å². The normalized spacial score (nSPS) is 11.7. The fraction of sp³-hybridized carbons (Fsp3) is 0. The lowest BCUT2D eigenvalue weighted by atomic mass is 9.96. The summed E-state index contributed by atoms with van der Waals surface area (Å²) in [7, 11) is 0. The molecule has 6 aromatic carbocycles. The van der Waals surface area contributed by atoms with Crippen molar-refractivity contribution in [2.24, 2.45) is 0 Å². The SMILES string of the molecule is c1ccc(-n2c3ccccc3c3c(-c4ccc(-c5cccc6c5sc5ccccc56)cc4)cccc32)cc1. The number of benzene rings is 6. The van der Waals surface area contributed by atoms with Gasteiger partial charge in [0.1, 0.15) is 0 Å². The molecule has 0 aliphatic heterocycles. The Kier molecular flexibility index (Phi) is 4.76. The van der Waals surface area contributed by atoms with Crippen molar-refractivity contribution in [3.8, 4) is 27.9 Å². The molecule has 0 fully saturated rings. The first kappa shape index (κ1) is 21.4. The van der Waals surface area contributed by atoms with Gasteiger partial charge in [-0.3, -0.25) is 0 Å². The molecule has 0 radical (unpaired) electrons. The van der Waals surface area contributed by atoms with E-state index in [4.69, 9.17) is 0 Å². The summed E-state index contributed by atoms with van der Waals surface area (Å²) in [6.07, 6.45) is 0. The minimum absolute atomic E-state index is 1.18. The molecule has 8 aromatic rings. The summed E-state index contributed by atoms with van der Waals surface area (Å²) in [6.45, 7) is 0. The van der Waals surface area contributed by atoms with E-state index in [1.807, 2.05) is 11.3 Å². The molecule has 2 aromatic heterocycles. The molecule has 0 saturated carbocycles. The van der Waals surface area contributed by atoms with Crippen molar-refractivity contribution in [1.82, 2.24) is 4.57 Å². The van der Waals surface area contributed by atoms with Crippen LogP contribution in [0.15, 0.2) is 140 Å². The third-order valence-electron chi connectivity index (χ3n) is 7.62. The summed E-state index contributed by atoms with van der Waals surface area (Å²) in [5, 5.41) is 5.26. The highest BCUT2D eigenvalue weighted by Crippen LogP contribution is 2.41. The fourth-order valence-corrected chi connectivity index (χ4v) is 7.16. The van der Waals surface area contributed by atoms with Gasteiger partial charge in [-0.15, -0.1) is 11.3 Å². The van der Waals surface area contributed by atoms with E-state index in [2.05, 4.69) is 144 Å². The summed E-state index contributed by atoms with van der Waals surface area (Å²) < 4.78 is 5.08. The molecule has 0 saturated heterocycles. The first-order valence-corrected chi connectivity index (χ1v) is 13.8.